The van der Waals surface area contributed by atoms with Crippen molar-refractivity contribution in [3.8, 4) is 0 Å². The van der Waals surface area contributed by atoms with E-state index in [1.165, 1.54) is 43.2 Å². The Morgan fingerprint density at radius 1 is 1.15 bits per heavy atom. The quantitative estimate of drug-likeness (QED) is 0.486. The van der Waals surface area contributed by atoms with Gasteiger partial charge in [-0.05, 0) is 36.8 Å². The van der Waals surface area contributed by atoms with E-state index in [-0.39, 0.29) is 11.7 Å². The molecule has 0 bridgehead atoms. The van der Waals surface area contributed by atoms with Gasteiger partial charge in [0.2, 0.25) is 0 Å². The van der Waals surface area contributed by atoms with Crippen molar-refractivity contribution in [3.63, 3.8) is 0 Å². The fraction of sp³-hybridized carbons (Fsp3) is 0.579. The average Bonchev–Trinajstić information content (AvgIpc) is 2.90. The zero-order valence-corrected chi connectivity index (χ0v) is 12.7. The van der Waals surface area contributed by atoms with Crippen LogP contribution in [0, 0.1) is 0 Å². The molecule has 0 radical (unpaired) electrons. The number of hydrogen-bond donors (Lipinski definition) is 0. The van der Waals surface area contributed by atoms with Gasteiger partial charge >= 0.3 is 0 Å². The highest BCUT2D eigenvalue weighted by Crippen LogP contribution is 2.38. The van der Waals surface area contributed by atoms with Crippen LogP contribution < -0.4 is 0 Å². The highest BCUT2D eigenvalue weighted by Gasteiger charge is 2.25. The lowest BCUT2D eigenvalue weighted by Gasteiger charge is -2.09. The molecule has 2 rings (SSSR count). The van der Waals surface area contributed by atoms with Gasteiger partial charge in [-0.1, -0.05) is 69.4 Å². The highest BCUT2D eigenvalue weighted by atomic mass is 19.1. The molecule has 1 aromatic rings. The van der Waals surface area contributed by atoms with E-state index in [0.717, 1.165) is 25.7 Å². The Hall–Kier alpha value is -1.11. The molecule has 0 nitrogen and oxygen atoms in total. The Kier molecular flexibility index (Phi) is 6.29. The van der Waals surface area contributed by atoms with Crippen molar-refractivity contribution >= 4 is 0 Å². The van der Waals surface area contributed by atoms with Crippen molar-refractivity contribution in [1.82, 2.24) is 0 Å². The molecule has 0 heterocycles. The van der Waals surface area contributed by atoms with Crippen molar-refractivity contribution in [2.45, 2.75) is 70.6 Å². The summed E-state index contributed by atoms with van der Waals surface area (Å²) in [5.41, 5.74) is 2.55. The molecule has 0 amide bonds. The maximum Gasteiger partial charge on any atom is 0.103 e. The molecule has 1 aliphatic rings. The Labute approximate surface area is 123 Å². The first-order valence-electron chi connectivity index (χ1n) is 8.26. The van der Waals surface area contributed by atoms with Crippen LogP contribution in [-0.4, -0.2) is 0 Å². The van der Waals surface area contributed by atoms with Gasteiger partial charge < -0.3 is 0 Å². The second-order valence-corrected chi connectivity index (χ2v) is 5.94. The van der Waals surface area contributed by atoms with Gasteiger partial charge in [0.05, 0.1) is 0 Å². The van der Waals surface area contributed by atoms with E-state index in [0.29, 0.717) is 0 Å². The summed E-state index contributed by atoms with van der Waals surface area (Å²) in [6.07, 6.45) is 12.3. The topological polar surface area (TPSA) is 0 Å². The number of rotatable bonds is 8. The van der Waals surface area contributed by atoms with Gasteiger partial charge in [-0.25, -0.2) is 4.39 Å². The van der Waals surface area contributed by atoms with Gasteiger partial charge in [0.1, 0.15) is 5.83 Å². The molecular weight excluding hydrogens is 247 g/mol. The molecule has 1 heteroatoms. The van der Waals surface area contributed by atoms with Crippen molar-refractivity contribution < 1.29 is 4.39 Å². The molecule has 0 fully saturated rings. The summed E-state index contributed by atoms with van der Waals surface area (Å²) >= 11 is 0. The van der Waals surface area contributed by atoms with Gasteiger partial charge in [-0.3, -0.25) is 0 Å². The third kappa shape index (κ3) is 4.19. The van der Waals surface area contributed by atoms with Crippen LogP contribution in [0.2, 0.25) is 0 Å². The van der Waals surface area contributed by atoms with Crippen LogP contribution in [0.25, 0.3) is 0 Å². The first-order chi connectivity index (χ1) is 9.83. The average molecular weight is 274 g/mol. The fourth-order valence-corrected chi connectivity index (χ4v) is 3.15. The van der Waals surface area contributed by atoms with E-state index in [9.17, 15) is 4.39 Å². The molecule has 0 saturated heterocycles. The van der Waals surface area contributed by atoms with Crippen LogP contribution in [0.3, 0.4) is 0 Å². The van der Waals surface area contributed by atoms with Crippen molar-refractivity contribution in [2.75, 3.05) is 0 Å². The van der Waals surface area contributed by atoms with Crippen LogP contribution in [0.15, 0.2) is 36.2 Å². The summed E-state index contributed by atoms with van der Waals surface area (Å²) in [5, 5.41) is 0. The second-order valence-electron chi connectivity index (χ2n) is 5.94. The number of benzene rings is 1. The Balaban J connectivity index is 1.75. The van der Waals surface area contributed by atoms with Gasteiger partial charge in [-0.15, -0.1) is 0 Å². The Morgan fingerprint density at radius 3 is 2.75 bits per heavy atom. The van der Waals surface area contributed by atoms with Crippen LogP contribution in [0.1, 0.15) is 75.3 Å². The molecule has 0 aromatic heterocycles. The standard InChI is InChI=1S/C19H27F/c1-2-3-4-5-6-7-8-13-19(20)18-15-14-16-11-9-10-12-17(16)18/h9-13,18H,2-8,14-15H2,1H3/b19-13+. The normalized spacial score (nSPS) is 18.3. The summed E-state index contributed by atoms with van der Waals surface area (Å²) in [5.74, 6) is 0.134. The molecule has 0 spiro atoms. The Bertz CT molecular complexity index is 433. The maximum absolute atomic E-state index is 14.3. The Morgan fingerprint density at radius 2 is 1.90 bits per heavy atom. The first-order valence-corrected chi connectivity index (χ1v) is 8.26. The molecule has 0 saturated carbocycles. The lowest BCUT2D eigenvalue weighted by atomic mass is 9.99. The molecule has 1 aromatic carbocycles. The number of unbranched alkanes of at least 4 members (excludes halogenated alkanes) is 6. The first kappa shape index (κ1) is 15.3. The largest absolute Gasteiger partial charge is 0.212 e. The molecule has 1 atom stereocenters. The maximum atomic E-state index is 14.3. The van der Waals surface area contributed by atoms with Crippen LogP contribution >= 0.6 is 0 Å². The second kappa shape index (κ2) is 8.24. The predicted octanol–water partition coefficient (Wildman–Crippen LogP) is 6.32. The lowest BCUT2D eigenvalue weighted by molar-refractivity contribution is 0.531. The minimum atomic E-state index is 0.0336. The summed E-state index contributed by atoms with van der Waals surface area (Å²) in [6.45, 7) is 2.23. The lowest BCUT2D eigenvalue weighted by Crippen LogP contribution is -1.94. The molecule has 0 N–H and O–H groups in total. The summed E-state index contributed by atoms with van der Waals surface area (Å²) < 4.78 is 14.3. The van der Waals surface area contributed by atoms with Crippen molar-refractivity contribution in [1.29, 1.82) is 0 Å². The molecular formula is C19H27F. The zero-order valence-electron chi connectivity index (χ0n) is 12.7. The number of fused-ring (bicyclic) bond motifs is 1. The van der Waals surface area contributed by atoms with E-state index < -0.39 is 0 Å². The van der Waals surface area contributed by atoms with Gasteiger partial charge in [0.15, 0.2) is 0 Å². The van der Waals surface area contributed by atoms with Crippen LogP contribution in [0.4, 0.5) is 4.39 Å². The van der Waals surface area contributed by atoms with E-state index in [2.05, 4.69) is 25.1 Å². The number of halogens is 1. The molecule has 1 aliphatic carbocycles. The summed E-state index contributed by atoms with van der Waals surface area (Å²) in [7, 11) is 0. The summed E-state index contributed by atoms with van der Waals surface area (Å²) in [4.78, 5) is 0. The van der Waals surface area contributed by atoms with Gasteiger partial charge in [0, 0.05) is 5.92 Å². The molecule has 0 aliphatic heterocycles. The van der Waals surface area contributed by atoms with E-state index >= 15 is 0 Å². The van der Waals surface area contributed by atoms with Crippen LogP contribution in [0.5, 0.6) is 0 Å². The summed E-state index contributed by atoms with van der Waals surface area (Å²) in [6, 6.07) is 8.30. The third-order valence-corrected chi connectivity index (χ3v) is 4.36. The minimum absolute atomic E-state index is 0.0336. The zero-order chi connectivity index (χ0) is 14.2. The SMILES string of the molecule is CCCCCCCC/C=C(/F)C1CCc2ccccc21. The van der Waals surface area contributed by atoms with E-state index in [4.69, 9.17) is 0 Å². The predicted molar refractivity (Wildman–Crippen MR) is 84.7 cm³/mol. The van der Waals surface area contributed by atoms with Gasteiger partial charge in [-0.2, -0.15) is 0 Å². The fourth-order valence-electron chi connectivity index (χ4n) is 3.15. The van der Waals surface area contributed by atoms with Gasteiger partial charge in [0.25, 0.3) is 0 Å². The molecule has 110 valence electrons. The minimum Gasteiger partial charge on any atom is -0.212 e. The van der Waals surface area contributed by atoms with Crippen molar-refractivity contribution in [2.24, 2.45) is 0 Å². The van der Waals surface area contributed by atoms with Crippen LogP contribution in [-0.2, 0) is 6.42 Å². The highest BCUT2D eigenvalue weighted by molar-refractivity contribution is 5.38. The number of allylic oxidation sites excluding steroid dienone is 2. The van der Waals surface area contributed by atoms with E-state index in [1.807, 2.05) is 12.1 Å². The van der Waals surface area contributed by atoms with E-state index in [1.54, 1.807) is 0 Å². The number of hydrogen-bond acceptors (Lipinski definition) is 0. The smallest absolute Gasteiger partial charge is 0.103 e. The molecule has 1 unspecified atom stereocenters. The molecule has 20 heavy (non-hydrogen) atoms. The monoisotopic (exact) mass is 274 g/mol. The number of aryl methyl sites for hydroxylation is 1. The van der Waals surface area contributed by atoms with Crippen molar-refractivity contribution in [3.05, 3.63) is 47.3 Å². The third-order valence-electron chi connectivity index (χ3n) is 4.36.